The molecule has 10 heteroatoms. The van der Waals surface area contributed by atoms with Crippen LogP contribution >= 0.6 is 0 Å². The summed E-state index contributed by atoms with van der Waals surface area (Å²) in [7, 11) is 0. The van der Waals surface area contributed by atoms with Gasteiger partial charge >= 0.3 is 6.01 Å². The number of nitrogens with zero attached hydrogens (tertiary/aromatic N) is 5. The molecular weight excluding hydrogens is 448 g/mol. The first-order chi connectivity index (χ1) is 17.2. The van der Waals surface area contributed by atoms with Crippen LogP contribution in [0.1, 0.15) is 39.0 Å². The van der Waals surface area contributed by atoms with Crippen LogP contribution in [-0.2, 0) is 9.53 Å². The summed E-state index contributed by atoms with van der Waals surface area (Å²) in [6.07, 6.45) is 2.30. The standard InChI is InChI=1S/C21H28N6O4.2C2H6/c1-17-3-2-4-18(13-17)25-22-15-19-14-20(27-7-10-30-11-8-27)24-21(23-19)31-12-6-26(16-29)5-9-28;2*1-2/h2-4,13-16,25,28H,5-12H2,1H3;2*1-2H3/b22-15+;;. The average molecular weight is 489 g/mol. The molecule has 0 atom stereocenters. The van der Waals surface area contributed by atoms with Crippen molar-refractivity contribution in [2.45, 2.75) is 34.6 Å². The quantitative estimate of drug-likeness (QED) is 0.282. The molecule has 1 saturated heterocycles. The van der Waals surface area contributed by atoms with E-state index < -0.39 is 0 Å². The Kier molecular flexibility index (Phi) is 15.4. The van der Waals surface area contributed by atoms with Gasteiger partial charge in [-0.15, -0.1) is 0 Å². The van der Waals surface area contributed by atoms with E-state index in [0.717, 1.165) is 30.2 Å². The third-order valence-electron chi connectivity index (χ3n) is 4.60. The van der Waals surface area contributed by atoms with E-state index in [9.17, 15) is 4.79 Å². The highest BCUT2D eigenvalue weighted by molar-refractivity contribution is 5.79. The van der Waals surface area contributed by atoms with Gasteiger partial charge in [-0.05, 0) is 24.6 Å². The highest BCUT2D eigenvalue weighted by Gasteiger charge is 2.15. The number of rotatable bonds is 11. The van der Waals surface area contributed by atoms with Crippen LogP contribution in [0.3, 0.4) is 0 Å². The van der Waals surface area contributed by atoms with Gasteiger partial charge in [-0.3, -0.25) is 10.2 Å². The minimum absolute atomic E-state index is 0.101. The molecule has 0 bridgehead atoms. The van der Waals surface area contributed by atoms with E-state index in [-0.39, 0.29) is 25.8 Å². The Labute approximate surface area is 209 Å². The molecule has 3 rings (SSSR count). The third kappa shape index (κ3) is 11.2. The van der Waals surface area contributed by atoms with E-state index >= 15 is 0 Å². The zero-order valence-corrected chi connectivity index (χ0v) is 21.6. The Balaban J connectivity index is 0.00000145. The van der Waals surface area contributed by atoms with Crippen LogP contribution in [0.2, 0.25) is 0 Å². The maximum Gasteiger partial charge on any atom is 0.319 e. The fraction of sp³-hybridized carbons (Fsp3) is 0.520. The monoisotopic (exact) mass is 488 g/mol. The normalized spacial score (nSPS) is 12.7. The molecule has 1 aliphatic heterocycles. The van der Waals surface area contributed by atoms with Crippen LogP contribution in [0, 0.1) is 6.92 Å². The van der Waals surface area contributed by atoms with Gasteiger partial charge in [0.15, 0.2) is 0 Å². The van der Waals surface area contributed by atoms with Crippen molar-refractivity contribution in [1.29, 1.82) is 0 Å². The smallest absolute Gasteiger partial charge is 0.319 e. The van der Waals surface area contributed by atoms with Gasteiger partial charge in [-0.25, -0.2) is 0 Å². The topological polar surface area (TPSA) is 112 Å². The van der Waals surface area contributed by atoms with Crippen molar-refractivity contribution in [1.82, 2.24) is 14.9 Å². The highest BCUT2D eigenvalue weighted by Crippen LogP contribution is 2.17. The fourth-order valence-corrected chi connectivity index (χ4v) is 3.00. The van der Waals surface area contributed by atoms with Gasteiger partial charge in [0.25, 0.3) is 0 Å². The second-order valence-electron chi connectivity index (χ2n) is 6.99. The molecule has 1 aromatic carbocycles. The molecule has 1 fully saturated rings. The molecule has 2 N–H and O–H groups in total. The zero-order chi connectivity index (χ0) is 25.9. The van der Waals surface area contributed by atoms with Crippen molar-refractivity contribution < 1.29 is 19.4 Å². The number of carbonyl (C=O) groups excluding carboxylic acids is 1. The Morgan fingerprint density at radius 3 is 2.57 bits per heavy atom. The average Bonchev–Trinajstić information content (AvgIpc) is 2.91. The first-order valence-electron chi connectivity index (χ1n) is 12.2. The predicted molar refractivity (Wildman–Crippen MR) is 140 cm³/mol. The van der Waals surface area contributed by atoms with E-state index in [1.807, 2.05) is 65.0 Å². The first-order valence-corrected chi connectivity index (χ1v) is 12.2. The lowest BCUT2D eigenvalue weighted by atomic mass is 10.2. The molecule has 1 aromatic heterocycles. The fourth-order valence-electron chi connectivity index (χ4n) is 3.00. The molecule has 0 spiro atoms. The Bertz CT molecular complexity index is 875. The molecule has 35 heavy (non-hydrogen) atoms. The van der Waals surface area contributed by atoms with E-state index in [0.29, 0.717) is 31.9 Å². The number of hydrazone groups is 1. The Morgan fingerprint density at radius 1 is 1.17 bits per heavy atom. The second-order valence-corrected chi connectivity index (χ2v) is 6.99. The summed E-state index contributed by atoms with van der Waals surface area (Å²) < 4.78 is 11.1. The molecule has 1 amide bonds. The number of amides is 1. The number of aliphatic hydroxyl groups excluding tert-OH is 1. The van der Waals surface area contributed by atoms with Crippen LogP contribution in [0.15, 0.2) is 35.4 Å². The molecule has 2 aromatic rings. The molecular formula is C25H40N6O4. The van der Waals surface area contributed by atoms with Gasteiger partial charge < -0.3 is 24.4 Å². The molecule has 10 nitrogen and oxygen atoms in total. The van der Waals surface area contributed by atoms with Gasteiger partial charge in [-0.1, -0.05) is 39.8 Å². The Hall–Kier alpha value is -3.24. The number of hydrogen-bond acceptors (Lipinski definition) is 9. The van der Waals surface area contributed by atoms with E-state index in [1.165, 1.54) is 4.90 Å². The number of hydrogen-bond donors (Lipinski definition) is 2. The van der Waals surface area contributed by atoms with Crippen LogP contribution in [-0.4, -0.2) is 85.2 Å². The SMILES string of the molecule is CC.CC.Cc1cccc(N/N=C/c2cc(N3CCOCC3)nc(OCCN(C=O)CCO)n2)c1. The van der Waals surface area contributed by atoms with Crippen molar-refractivity contribution in [2.75, 3.05) is 62.9 Å². The number of benzene rings is 1. The number of aliphatic hydroxyl groups is 1. The number of carbonyl (C=O) groups is 1. The largest absolute Gasteiger partial charge is 0.462 e. The molecule has 0 saturated carbocycles. The van der Waals surface area contributed by atoms with Gasteiger partial charge in [0.2, 0.25) is 6.41 Å². The summed E-state index contributed by atoms with van der Waals surface area (Å²) in [5, 5.41) is 13.3. The van der Waals surface area contributed by atoms with Crippen molar-refractivity contribution in [2.24, 2.45) is 5.10 Å². The van der Waals surface area contributed by atoms with E-state index in [2.05, 4.69) is 25.4 Å². The molecule has 1 aliphatic rings. The molecule has 0 unspecified atom stereocenters. The van der Waals surface area contributed by atoms with Gasteiger partial charge in [0.1, 0.15) is 12.4 Å². The van der Waals surface area contributed by atoms with Crippen LogP contribution < -0.4 is 15.1 Å². The lowest BCUT2D eigenvalue weighted by molar-refractivity contribution is -0.119. The van der Waals surface area contributed by atoms with Crippen molar-refractivity contribution in [3.05, 3.63) is 41.6 Å². The van der Waals surface area contributed by atoms with Gasteiger partial charge in [0, 0.05) is 25.7 Å². The minimum Gasteiger partial charge on any atom is -0.462 e. The number of anilines is 2. The summed E-state index contributed by atoms with van der Waals surface area (Å²) in [6.45, 7) is 13.4. The Morgan fingerprint density at radius 2 is 1.91 bits per heavy atom. The summed E-state index contributed by atoms with van der Waals surface area (Å²) in [5.74, 6) is 0.730. The minimum atomic E-state index is -0.101. The predicted octanol–water partition coefficient (Wildman–Crippen LogP) is 2.95. The van der Waals surface area contributed by atoms with Crippen LogP contribution in [0.25, 0.3) is 0 Å². The zero-order valence-electron chi connectivity index (χ0n) is 21.6. The van der Waals surface area contributed by atoms with Crippen LogP contribution in [0.4, 0.5) is 11.5 Å². The molecule has 0 radical (unpaired) electrons. The lowest BCUT2D eigenvalue weighted by Gasteiger charge is -2.28. The number of morpholine rings is 1. The molecule has 0 aliphatic carbocycles. The summed E-state index contributed by atoms with van der Waals surface area (Å²) in [4.78, 5) is 23.4. The van der Waals surface area contributed by atoms with Crippen molar-refractivity contribution in [3.63, 3.8) is 0 Å². The summed E-state index contributed by atoms with van der Waals surface area (Å²) in [5.41, 5.74) is 5.61. The number of nitrogens with one attached hydrogen (secondary N) is 1. The van der Waals surface area contributed by atoms with Crippen LogP contribution in [0.5, 0.6) is 6.01 Å². The number of aryl methyl sites for hydroxylation is 1. The van der Waals surface area contributed by atoms with E-state index in [1.54, 1.807) is 6.21 Å². The molecule has 2 heterocycles. The van der Waals surface area contributed by atoms with Gasteiger partial charge in [0.05, 0.1) is 44.0 Å². The van der Waals surface area contributed by atoms with Crippen molar-refractivity contribution >= 4 is 24.1 Å². The summed E-state index contributed by atoms with van der Waals surface area (Å²) >= 11 is 0. The maximum absolute atomic E-state index is 11.0. The second kappa shape index (κ2) is 18.1. The first kappa shape index (κ1) is 29.8. The van der Waals surface area contributed by atoms with E-state index in [4.69, 9.17) is 14.6 Å². The highest BCUT2D eigenvalue weighted by atomic mass is 16.5. The van der Waals surface area contributed by atoms with Crippen molar-refractivity contribution in [3.8, 4) is 6.01 Å². The maximum atomic E-state index is 11.0. The third-order valence-corrected chi connectivity index (χ3v) is 4.60. The molecule has 194 valence electrons. The van der Waals surface area contributed by atoms with Gasteiger partial charge in [-0.2, -0.15) is 15.1 Å². The number of aromatic nitrogens is 2. The number of ether oxygens (including phenoxy) is 2. The summed E-state index contributed by atoms with van der Waals surface area (Å²) in [6, 6.07) is 9.96. The lowest BCUT2D eigenvalue weighted by Crippen LogP contribution is -2.37.